The number of halogens is 1. The van der Waals surface area contributed by atoms with Gasteiger partial charge in [-0.25, -0.2) is 22.3 Å². The summed E-state index contributed by atoms with van der Waals surface area (Å²) in [6.07, 6.45) is 2.97. The highest BCUT2D eigenvalue weighted by Gasteiger charge is 2.34. The second kappa shape index (κ2) is 5.73. The van der Waals surface area contributed by atoms with Crippen LogP contribution in [0, 0.1) is 11.2 Å². The molecule has 0 bridgehead atoms. The molecule has 0 aromatic heterocycles. The van der Waals surface area contributed by atoms with E-state index < -0.39 is 26.7 Å². The molecule has 2 rings (SSSR count). The lowest BCUT2D eigenvalue weighted by Gasteiger charge is -2.38. The first-order chi connectivity index (χ1) is 9.77. The Balaban J connectivity index is 2.30. The molecule has 0 radical (unpaired) electrons. The molecular formula is C14H18FNO4S. The van der Waals surface area contributed by atoms with Crippen molar-refractivity contribution in [1.29, 1.82) is 0 Å². The zero-order valence-electron chi connectivity index (χ0n) is 12.0. The van der Waals surface area contributed by atoms with Gasteiger partial charge in [-0.15, -0.1) is 0 Å². The van der Waals surface area contributed by atoms with Crippen molar-refractivity contribution in [2.24, 2.45) is 5.41 Å². The molecule has 1 N–H and O–H groups in total. The first kappa shape index (κ1) is 15.9. The Hall–Kier alpha value is -1.47. The van der Waals surface area contributed by atoms with Gasteiger partial charge in [0, 0.05) is 6.54 Å². The molecule has 5 nitrogen and oxygen atoms in total. The molecule has 116 valence electrons. The molecule has 21 heavy (non-hydrogen) atoms. The topological polar surface area (TPSA) is 72.5 Å². The van der Waals surface area contributed by atoms with Crippen molar-refractivity contribution in [2.75, 3.05) is 13.7 Å². The quantitative estimate of drug-likeness (QED) is 0.844. The Labute approximate surface area is 123 Å². The van der Waals surface area contributed by atoms with Crippen LogP contribution in [-0.2, 0) is 14.8 Å². The first-order valence-corrected chi connectivity index (χ1v) is 8.13. The number of methoxy groups -OCH3 is 1. The third kappa shape index (κ3) is 3.41. The highest BCUT2D eigenvalue weighted by atomic mass is 32.2. The molecule has 0 amide bonds. The Morgan fingerprint density at radius 2 is 2.10 bits per heavy atom. The van der Waals surface area contributed by atoms with Gasteiger partial charge in [0.1, 0.15) is 5.82 Å². The van der Waals surface area contributed by atoms with Gasteiger partial charge in [-0.2, -0.15) is 0 Å². The Bertz CT molecular complexity index is 653. The number of ether oxygens (including phenoxy) is 1. The number of rotatable bonds is 5. The largest absolute Gasteiger partial charge is 0.465 e. The standard InChI is InChI=1S/C14H18FNO4S/c1-14(6-3-7-14)9-16-21(18,19)12-8-10(15)4-5-11(12)13(17)20-2/h4-5,8,16H,3,6-7,9H2,1-2H3. The molecule has 1 aliphatic carbocycles. The Morgan fingerprint density at radius 1 is 1.43 bits per heavy atom. The van der Waals surface area contributed by atoms with Crippen LogP contribution in [0.15, 0.2) is 23.1 Å². The van der Waals surface area contributed by atoms with Gasteiger partial charge in [0.2, 0.25) is 10.0 Å². The van der Waals surface area contributed by atoms with Crippen LogP contribution >= 0.6 is 0 Å². The molecule has 1 aromatic carbocycles. The van der Waals surface area contributed by atoms with Gasteiger partial charge in [-0.3, -0.25) is 0 Å². The van der Waals surface area contributed by atoms with Crippen LogP contribution in [0.25, 0.3) is 0 Å². The number of esters is 1. The zero-order valence-corrected chi connectivity index (χ0v) is 12.8. The predicted molar refractivity (Wildman–Crippen MR) is 74.9 cm³/mol. The summed E-state index contributed by atoms with van der Waals surface area (Å²) >= 11 is 0. The molecule has 1 aromatic rings. The summed E-state index contributed by atoms with van der Waals surface area (Å²) in [7, 11) is -2.83. The Kier molecular flexibility index (Phi) is 4.34. The number of hydrogen-bond acceptors (Lipinski definition) is 4. The molecule has 0 unspecified atom stereocenters. The van der Waals surface area contributed by atoms with E-state index in [1.165, 1.54) is 0 Å². The summed E-state index contributed by atoms with van der Waals surface area (Å²) < 4.78 is 45.0. The smallest absolute Gasteiger partial charge is 0.339 e. The van der Waals surface area contributed by atoms with Crippen molar-refractivity contribution in [2.45, 2.75) is 31.1 Å². The van der Waals surface area contributed by atoms with Crippen LogP contribution in [0.5, 0.6) is 0 Å². The molecule has 1 fully saturated rings. The van der Waals surface area contributed by atoms with Crippen LogP contribution in [0.3, 0.4) is 0 Å². The fraction of sp³-hybridized carbons (Fsp3) is 0.500. The number of benzene rings is 1. The molecule has 1 aliphatic rings. The molecular weight excluding hydrogens is 297 g/mol. The van der Waals surface area contributed by atoms with Gasteiger partial charge in [0.05, 0.1) is 17.6 Å². The minimum atomic E-state index is -3.97. The summed E-state index contributed by atoms with van der Waals surface area (Å²) in [5.41, 5.74) is -0.239. The lowest BCUT2D eigenvalue weighted by Crippen LogP contribution is -2.40. The molecule has 7 heteroatoms. The van der Waals surface area contributed by atoms with E-state index in [1.54, 1.807) is 0 Å². The number of carbonyl (C=O) groups is 1. The third-order valence-electron chi connectivity index (χ3n) is 3.89. The maximum Gasteiger partial charge on any atom is 0.339 e. The van der Waals surface area contributed by atoms with Gasteiger partial charge in [0.25, 0.3) is 0 Å². The van der Waals surface area contributed by atoms with E-state index in [1.807, 2.05) is 6.92 Å². The fourth-order valence-electron chi connectivity index (χ4n) is 2.30. The minimum absolute atomic E-state index is 0.0637. The van der Waals surface area contributed by atoms with Gasteiger partial charge in [-0.05, 0) is 36.5 Å². The molecule has 0 heterocycles. The summed E-state index contributed by atoms with van der Waals surface area (Å²) in [4.78, 5) is 11.2. The van der Waals surface area contributed by atoms with E-state index in [9.17, 15) is 17.6 Å². The van der Waals surface area contributed by atoms with Crippen LogP contribution in [0.4, 0.5) is 4.39 Å². The number of hydrogen-bond donors (Lipinski definition) is 1. The number of nitrogens with one attached hydrogen (secondary N) is 1. The number of sulfonamides is 1. The van der Waals surface area contributed by atoms with Crippen molar-refractivity contribution in [3.8, 4) is 0 Å². The van der Waals surface area contributed by atoms with Crippen LogP contribution in [0.1, 0.15) is 36.5 Å². The van der Waals surface area contributed by atoms with E-state index in [2.05, 4.69) is 9.46 Å². The lowest BCUT2D eigenvalue weighted by molar-refractivity contribution is 0.0596. The third-order valence-corrected chi connectivity index (χ3v) is 5.33. The molecule has 0 saturated heterocycles. The highest BCUT2D eigenvalue weighted by Crippen LogP contribution is 2.39. The highest BCUT2D eigenvalue weighted by molar-refractivity contribution is 7.89. The molecule has 1 saturated carbocycles. The summed E-state index contributed by atoms with van der Waals surface area (Å²) in [6, 6.07) is 2.97. The normalized spacial score (nSPS) is 17.1. The van der Waals surface area contributed by atoms with Gasteiger partial charge in [-0.1, -0.05) is 13.3 Å². The van der Waals surface area contributed by atoms with Gasteiger partial charge >= 0.3 is 5.97 Å². The van der Waals surface area contributed by atoms with Crippen LogP contribution in [0.2, 0.25) is 0 Å². The number of carbonyl (C=O) groups excluding carboxylic acids is 1. The van der Waals surface area contributed by atoms with Gasteiger partial charge < -0.3 is 4.74 Å². The second-order valence-electron chi connectivity index (χ2n) is 5.62. The minimum Gasteiger partial charge on any atom is -0.465 e. The van der Waals surface area contributed by atoms with Gasteiger partial charge in [0.15, 0.2) is 0 Å². The zero-order chi connectivity index (χ0) is 15.7. The van der Waals surface area contributed by atoms with Crippen molar-refractivity contribution >= 4 is 16.0 Å². The average Bonchev–Trinajstić information content (AvgIpc) is 2.42. The van der Waals surface area contributed by atoms with Crippen molar-refractivity contribution < 1.29 is 22.3 Å². The molecule has 0 atom stereocenters. The van der Waals surface area contributed by atoms with Crippen LogP contribution in [-0.4, -0.2) is 28.0 Å². The lowest BCUT2D eigenvalue weighted by atomic mass is 9.71. The van der Waals surface area contributed by atoms with Crippen molar-refractivity contribution in [3.05, 3.63) is 29.6 Å². The molecule has 0 spiro atoms. The first-order valence-electron chi connectivity index (χ1n) is 6.65. The summed E-state index contributed by atoms with van der Waals surface area (Å²) in [5.74, 6) is -1.54. The second-order valence-corrected chi connectivity index (χ2v) is 7.36. The van der Waals surface area contributed by atoms with E-state index in [0.717, 1.165) is 44.6 Å². The monoisotopic (exact) mass is 315 g/mol. The van der Waals surface area contributed by atoms with E-state index in [-0.39, 0.29) is 17.5 Å². The Morgan fingerprint density at radius 3 is 2.62 bits per heavy atom. The average molecular weight is 315 g/mol. The van der Waals surface area contributed by atoms with E-state index >= 15 is 0 Å². The van der Waals surface area contributed by atoms with Crippen LogP contribution < -0.4 is 4.72 Å². The SMILES string of the molecule is COC(=O)c1ccc(F)cc1S(=O)(=O)NCC1(C)CCC1. The maximum absolute atomic E-state index is 13.4. The van der Waals surface area contributed by atoms with Crippen molar-refractivity contribution in [1.82, 2.24) is 4.72 Å². The van der Waals surface area contributed by atoms with E-state index in [4.69, 9.17) is 0 Å². The summed E-state index contributed by atoms with van der Waals surface area (Å²) in [5, 5.41) is 0. The molecule has 0 aliphatic heterocycles. The maximum atomic E-state index is 13.4. The predicted octanol–water partition coefficient (Wildman–Crippen LogP) is 2.08. The summed E-state index contributed by atoms with van der Waals surface area (Å²) in [6.45, 7) is 2.26. The van der Waals surface area contributed by atoms with Crippen molar-refractivity contribution in [3.63, 3.8) is 0 Å². The fourth-order valence-corrected chi connectivity index (χ4v) is 3.70. The van der Waals surface area contributed by atoms with E-state index in [0.29, 0.717) is 0 Å².